The summed E-state index contributed by atoms with van der Waals surface area (Å²) in [5, 5.41) is 2.54. The van der Waals surface area contributed by atoms with Crippen LogP contribution in [0.5, 0.6) is 0 Å². The topological polar surface area (TPSA) is 38.7 Å². The summed E-state index contributed by atoms with van der Waals surface area (Å²) >= 11 is 1.81. The van der Waals surface area contributed by atoms with Crippen LogP contribution in [0.2, 0.25) is 0 Å². The summed E-state index contributed by atoms with van der Waals surface area (Å²) in [5.74, 6) is 2.00. The van der Waals surface area contributed by atoms with Crippen LogP contribution in [0, 0.1) is 5.41 Å². The van der Waals surface area contributed by atoms with Crippen molar-refractivity contribution in [3.63, 3.8) is 0 Å². The number of hydrogen-bond donors (Lipinski definition) is 0. The summed E-state index contributed by atoms with van der Waals surface area (Å²) in [5.41, 5.74) is 14.5. The van der Waals surface area contributed by atoms with Gasteiger partial charge >= 0.3 is 0 Å². The highest BCUT2D eigenvalue weighted by Gasteiger charge is 2.62. The molecule has 3 nitrogen and oxygen atoms in total. The van der Waals surface area contributed by atoms with E-state index >= 15 is 0 Å². The summed E-state index contributed by atoms with van der Waals surface area (Å²) in [4.78, 5) is 15.4. The zero-order chi connectivity index (χ0) is 37.7. The predicted molar refractivity (Wildman–Crippen MR) is 236 cm³/mol. The highest BCUT2D eigenvalue weighted by Crippen LogP contribution is 2.71. The van der Waals surface area contributed by atoms with Crippen molar-refractivity contribution >= 4 is 42.7 Å². The molecule has 1 unspecified atom stereocenters. The smallest absolute Gasteiger partial charge is 0.164 e. The van der Waals surface area contributed by atoms with Crippen LogP contribution in [-0.4, -0.2) is 15.0 Å². The van der Waals surface area contributed by atoms with Gasteiger partial charge in [0.15, 0.2) is 17.5 Å². The molecule has 0 saturated heterocycles. The predicted octanol–water partition coefficient (Wildman–Crippen LogP) is 13.4. The van der Waals surface area contributed by atoms with Crippen molar-refractivity contribution < 1.29 is 0 Å². The number of nitrogens with zero attached hydrogens (tertiary/aromatic N) is 3. The van der Waals surface area contributed by atoms with Crippen LogP contribution in [0.1, 0.15) is 41.2 Å². The number of benzene rings is 7. The van der Waals surface area contributed by atoms with E-state index in [1.54, 1.807) is 0 Å². The number of thiophene rings is 1. The third-order valence-corrected chi connectivity index (χ3v) is 13.9. The van der Waals surface area contributed by atoms with E-state index in [4.69, 9.17) is 15.0 Å². The molecule has 3 aliphatic carbocycles. The number of allylic oxidation sites excluding steroid dienone is 4. The number of hydrogen-bond acceptors (Lipinski definition) is 4. The molecule has 0 N–H and O–H groups in total. The molecule has 1 atom stereocenters. The Morgan fingerprint density at radius 2 is 1.00 bits per heavy atom. The fourth-order valence-corrected chi connectivity index (χ4v) is 11.4. The van der Waals surface area contributed by atoms with Gasteiger partial charge in [0.05, 0.1) is 5.41 Å². The van der Waals surface area contributed by atoms with E-state index in [9.17, 15) is 0 Å². The molecular formula is C53H35N3S. The lowest BCUT2D eigenvalue weighted by Gasteiger charge is -2.45. The van der Waals surface area contributed by atoms with Gasteiger partial charge in [-0.25, -0.2) is 15.0 Å². The second kappa shape index (κ2) is 12.1. The SMILES string of the molecule is CC12CC=C(c3cccc(-c4nc(-c5ccccc5)nc(-c5ccc6c(c5)sc5ccccc56)n4)c3)C=C1c1ccccc1C21c2ccccc2-c2ccccc21. The molecule has 0 radical (unpaired) electrons. The van der Waals surface area contributed by atoms with Gasteiger partial charge in [0, 0.05) is 42.3 Å². The van der Waals surface area contributed by atoms with E-state index in [0.29, 0.717) is 17.5 Å². The molecule has 0 bridgehead atoms. The molecule has 4 heteroatoms. The second-order valence-corrected chi connectivity index (χ2v) is 16.8. The molecule has 57 heavy (non-hydrogen) atoms. The van der Waals surface area contributed by atoms with Gasteiger partial charge in [0.25, 0.3) is 0 Å². The normalized spacial score (nSPS) is 17.2. The highest BCUT2D eigenvalue weighted by atomic mass is 32.1. The van der Waals surface area contributed by atoms with Crippen LogP contribution in [0.25, 0.3) is 76.6 Å². The summed E-state index contributed by atoms with van der Waals surface area (Å²) in [7, 11) is 0. The van der Waals surface area contributed by atoms with E-state index < -0.39 is 0 Å². The van der Waals surface area contributed by atoms with Crippen molar-refractivity contribution in [3.05, 3.63) is 210 Å². The molecule has 9 aromatic rings. The van der Waals surface area contributed by atoms with E-state index in [0.717, 1.165) is 28.7 Å². The molecule has 7 aromatic carbocycles. The standard InChI is InChI=1S/C53H35N3S/c1-52-29-28-35(31-46(52)42-21-7-11-24-45(42)53(52)43-22-9-5-18-38(43)39-19-6-10-23-44(39)53)34-16-13-17-36(30-34)50-54-49(33-14-3-2-4-15-33)55-51(56-50)37-26-27-41-40-20-8-12-25-47(40)57-48(41)32-37/h2-28,30-32H,29H2,1H3. The van der Waals surface area contributed by atoms with Crippen LogP contribution in [0.4, 0.5) is 0 Å². The van der Waals surface area contributed by atoms with E-state index in [1.807, 2.05) is 29.5 Å². The van der Waals surface area contributed by atoms with Gasteiger partial charge in [0.2, 0.25) is 0 Å². The average Bonchev–Trinajstić information content (AvgIpc) is 3.88. The molecule has 3 aliphatic rings. The van der Waals surface area contributed by atoms with E-state index in [2.05, 4.69) is 171 Å². The Hall–Kier alpha value is -6.75. The Balaban J connectivity index is 0.983. The minimum Gasteiger partial charge on any atom is -0.208 e. The molecule has 2 aromatic heterocycles. The first kappa shape index (κ1) is 32.5. The molecular weight excluding hydrogens is 711 g/mol. The van der Waals surface area contributed by atoms with Gasteiger partial charge < -0.3 is 0 Å². The first-order valence-electron chi connectivity index (χ1n) is 19.7. The highest BCUT2D eigenvalue weighted by molar-refractivity contribution is 7.25. The maximum Gasteiger partial charge on any atom is 0.164 e. The summed E-state index contributed by atoms with van der Waals surface area (Å²) in [6, 6.07) is 61.5. The third kappa shape index (κ3) is 4.56. The molecule has 12 rings (SSSR count). The zero-order valence-corrected chi connectivity index (χ0v) is 32.1. The Bertz CT molecular complexity index is 3140. The van der Waals surface area contributed by atoms with Crippen LogP contribution in [-0.2, 0) is 5.41 Å². The summed E-state index contributed by atoms with van der Waals surface area (Å²) in [6.45, 7) is 2.50. The van der Waals surface area contributed by atoms with Crippen molar-refractivity contribution in [2.75, 3.05) is 0 Å². The van der Waals surface area contributed by atoms with Crippen LogP contribution < -0.4 is 0 Å². The van der Waals surface area contributed by atoms with Crippen LogP contribution in [0.3, 0.4) is 0 Å². The van der Waals surface area contributed by atoms with Crippen LogP contribution >= 0.6 is 11.3 Å². The van der Waals surface area contributed by atoms with Crippen molar-refractivity contribution in [1.82, 2.24) is 15.0 Å². The average molecular weight is 746 g/mol. The van der Waals surface area contributed by atoms with Gasteiger partial charge in [0.1, 0.15) is 0 Å². The maximum absolute atomic E-state index is 5.18. The number of rotatable bonds is 4. The molecule has 268 valence electrons. The summed E-state index contributed by atoms with van der Waals surface area (Å²) in [6.07, 6.45) is 5.84. The Morgan fingerprint density at radius 1 is 0.456 bits per heavy atom. The Morgan fingerprint density at radius 3 is 1.74 bits per heavy atom. The monoisotopic (exact) mass is 745 g/mol. The van der Waals surface area contributed by atoms with E-state index in [1.165, 1.54) is 64.7 Å². The first-order chi connectivity index (χ1) is 28.1. The molecule has 0 fully saturated rings. The van der Waals surface area contributed by atoms with Gasteiger partial charge in [-0.15, -0.1) is 11.3 Å². The lowest BCUT2D eigenvalue weighted by Crippen LogP contribution is -2.41. The van der Waals surface area contributed by atoms with Gasteiger partial charge in [-0.2, -0.15) is 0 Å². The largest absolute Gasteiger partial charge is 0.208 e. The Kier molecular flexibility index (Phi) is 6.91. The quantitative estimate of drug-likeness (QED) is 0.180. The van der Waals surface area contributed by atoms with Crippen molar-refractivity contribution in [2.45, 2.75) is 18.8 Å². The zero-order valence-electron chi connectivity index (χ0n) is 31.3. The number of aromatic nitrogens is 3. The van der Waals surface area contributed by atoms with Gasteiger partial charge in [-0.05, 0) is 74.7 Å². The third-order valence-electron chi connectivity index (χ3n) is 12.8. The molecule has 0 aliphatic heterocycles. The van der Waals surface area contributed by atoms with Crippen molar-refractivity contribution in [3.8, 4) is 45.3 Å². The second-order valence-electron chi connectivity index (χ2n) is 15.7. The van der Waals surface area contributed by atoms with E-state index in [-0.39, 0.29) is 10.8 Å². The fourth-order valence-electron chi connectivity index (χ4n) is 10.2. The van der Waals surface area contributed by atoms with Crippen LogP contribution in [0.15, 0.2) is 182 Å². The minimum atomic E-state index is -0.277. The summed E-state index contributed by atoms with van der Waals surface area (Å²) < 4.78 is 2.51. The molecule has 2 heterocycles. The number of fused-ring (bicyclic) bond motifs is 13. The first-order valence-corrected chi connectivity index (χ1v) is 20.5. The fraction of sp³-hybridized carbons (Fsp3) is 0.0755. The van der Waals surface area contributed by atoms with Gasteiger partial charge in [-0.1, -0.05) is 171 Å². The van der Waals surface area contributed by atoms with Crippen molar-refractivity contribution in [1.29, 1.82) is 0 Å². The minimum absolute atomic E-state index is 0.177. The lowest BCUT2D eigenvalue weighted by molar-refractivity contribution is 0.328. The van der Waals surface area contributed by atoms with Crippen molar-refractivity contribution in [2.24, 2.45) is 5.41 Å². The van der Waals surface area contributed by atoms with Gasteiger partial charge in [-0.3, -0.25) is 0 Å². The Labute approximate surface area is 335 Å². The molecule has 0 amide bonds. The lowest BCUT2D eigenvalue weighted by atomic mass is 9.56. The molecule has 1 spiro atoms. The molecule has 0 saturated carbocycles. The maximum atomic E-state index is 5.18.